The van der Waals surface area contributed by atoms with Crippen molar-refractivity contribution in [1.29, 1.82) is 0 Å². The summed E-state index contributed by atoms with van der Waals surface area (Å²) in [6.45, 7) is 3.76. The molecule has 0 fully saturated rings. The molecule has 1 aromatic carbocycles. The lowest BCUT2D eigenvalue weighted by Crippen LogP contribution is -2.37. The lowest BCUT2D eigenvalue weighted by atomic mass is 10.1. The average Bonchev–Trinajstić information content (AvgIpc) is 2.36. The Bertz CT molecular complexity index is 303. The molecule has 0 bridgehead atoms. The summed E-state index contributed by atoms with van der Waals surface area (Å²) in [7, 11) is 0. The molecule has 4 N–H and O–H groups in total. The van der Waals surface area contributed by atoms with Crippen molar-refractivity contribution in [3.8, 4) is 0 Å². The summed E-state index contributed by atoms with van der Waals surface area (Å²) < 4.78 is 0. The van der Waals surface area contributed by atoms with E-state index in [0.29, 0.717) is 6.54 Å². The fourth-order valence-corrected chi connectivity index (χ4v) is 2.17. The van der Waals surface area contributed by atoms with Crippen molar-refractivity contribution in [3.05, 3.63) is 29.8 Å². The van der Waals surface area contributed by atoms with Gasteiger partial charge in [-0.25, -0.2) is 0 Å². The minimum Gasteiger partial charge on any atom is -0.395 e. The molecule has 1 atom stereocenters. The van der Waals surface area contributed by atoms with E-state index in [1.54, 1.807) is 0 Å². The fraction of sp³-hybridized carbons (Fsp3) is 0.538. The molecule has 1 aromatic rings. The molecule has 0 saturated heterocycles. The van der Waals surface area contributed by atoms with Crippen molar-refractivity contribution in [2.24, 2.45) is 5.73 Å². The van der Waals surface area contributed by atoms with E-state index in [4.69, 9.17) is 10.8 Å². The van der Waals surface area contributed by atoms with Gasteiger partial charge in [0.1, 0.15) is 0 Å². The Hall–Kier alpha value is -0.550. The largest absolute Gasteiger partial charge is 0.395 e. The smallest absolute Gasteiger partial charge is 0.0594 e. The Labute approximate surface area is 108 Å². The molecule has 17 heavy (non-hydrogen) atoms. The predicted molar refractivity (Wildman–Crippen MR) is 74.5 cm³/mol. The maximum atomic E-state index is 8.76. The number of benzene rings is 1. The normalized spacial score (nSPS) is 12.6. The van der Waals surface area contributed by atoms with Crippen LogP contribution in [-0.2, 0) is 6.42 Å². The second-order valence-electron chi connectivity index (χ2n) is 3.97. The van der Waals surface area contributed by atoms with Gasteiger partial charge in [-0.15, -0.1) is 11.8 Å². The second-order valence-corrected chi connectivity index (χ2v) is 5.31. The van der Waals surface area contributed by atoms with E-state index in [-0.39, 0.29) is 12.6 Å². The van der Waals surface area contributed by atoms with Crippen LogP contribution in [0.25, 0.3) is 0 Å². The van der Waals surface area contributed by atoms with Crippen LogP contribution in [0.1, 0.15) is 12.5 Å². The molecule has 96 valence electrons. The molecule has 0 aliphatic heterocycles. The highest BCUT2D eigenvalue weighted by Crippen LogP contribution is 2.17. The maximum Gasteiger partial charge on any atom is 0.0594 e. The number of nitrogens with two attached hydrogens (primary N) is 1. The van der Waals surface area contributed by atoms with Gasteiger partial charge in [0, 0.05) is 17.5 Å². The Balaban J connectivity index is 2.23. The van der Waals surface area contributed by atoms with Crippen LogP contribution in [0.15, 0.2) is 29.2 Å². The first-order chi connectivity index (χ1) is 8.26. The second kappa shape index (κ2) is 8.53. The molecule has 0 amide bonds. The van der Waals surface area contributed by atoms with E-state index in [9.17, 15) is 0 Å². The Kier molecular flexibility index (Phi) is 7.28. The van der Waals surface area contributed by atoms with Gasteiger partial charge < -0.3 is 16.2 Å². The molecule has 0 aliphatic rings. The van der Waals surface area contributed by atoms with Crippen molar-refractivity contribution in [2.45, 2.75) is 24.3 Å². The van der Waals surface area contributed by atoms with E-state index in [2.05, 4.69) is 36.5 Å². The first-order valence-electron chi connectivity index (χ1n) is 6.05. The van der Waals surface area contributed by atoms with Crippen LogP contribution < -0.4 is 11.1 Å². The first kappa shape index (κ1) is 14.5. The van der Waals surface area contributed by atoms with Gasteiger partial charge in [0.15, 0.2) is 0 Å². The molecule has 1 rings (SSSR count). The summed E-state index contributed by atoms with van der Waals surface area (Å²) >= 11 is 1.86. The molecule has 0 heterocycles. The van der Waals surface area contributed by atoms with E-state index in [0.717, 1.165) is 18.7 Å². The summed E-state index contributed by atoms with van der Waals surface area (Å²) in [4.78, 5) is 1.33. The van der Waals surface area contributed by atoms with E-state index in [1.165, 1.54) is 10.5 Å². The zero-order valence-electron chi connectivity index (χ0n) is 10.4. The van der Waals surface area contributed by atoms with Crippen molar-refractivity contribution in [1.82, 2.24) is 5.32 Å². The molecule has 0 saturated carbocycles. The van der Waals surface area contributed by atoms with Crippen LogP contribution in [-0.4, -0.2) is 36.6 Å². The maximum absolute atomic E-state index is 8.76. The number of nitrogens with one attached hydrogen (secondary N) is 1. The standard InChI is InChI=1S/C13H22N2OS/c1-2-17-13-5-3-11(4-6-13)7-8-15-9-12(14)10-16/h3-6,12,15-16H,2,7-10,14H2,1H3. The average molecular weight is 254 g/mol. The van der Waals surface area contributed by atoms with Crippen LogP contribution >= 0.6 is 11.8 Å². The van der Waals surface area contributed by atoms with Crippen LogP contribution in [0.5, 0.6) is 0 Å². The molecule has 3 nitrogen and oxygen atoms in total. The van der Waals surface area contributed by atoms with E-state index < -0.39 is 0 Å². The highest BCUT2D eigenvalue weighted by Gasteiger charge is 1.99. The van der Waals surface area contributed by atoms with Gasteiger partial charge in [0.2, 0.25) is 0 Å². The summed E-state index contributed by atoms with van der Waals surface area (Å²) in [6, 6.07) is 8.53. The van der Waals surface area contributed by atoms with Crippen molar-refractivity contribution in [2.75, 3.05) is 25.4 Å². The predicted octanol–water partition coefficient (Wildman–Crippen LogP) is 1.25. The molecule has 4 heteroatoms. The number of aliphatic hydroxyl groups excluding tert-OH is 1. The highest BCUT2D eigenvalue weighted by atomic mass is 32.2. The molecular weight excluding hydrogens is 232 g/mol. The topological polar surface area (TPSA) is 58.3 Å². The monoisotopic (exact) mass is 254 g/mol. The first-order valence-corrected chi connectivity index (χ1v) is 7.03. The van der Waals surface area contributed by atoms with E-state index in [1.807, 2.05) is 11.8 Å². The van der Waals surface area contributed by atoms with Crippen molar-refractivity contribution in [3.63, 3.8) is 0 Å². The Morgan fingerprint density at radius 2 is 2.06 bits per heavy atom. The van der Waals surface area contributed by atoms with Gasteiger partial charge in [-0.3, -0.25) is 0 Å². The van der Waals surface area contributed by atoms with Gasteiger partial charge >= 0.3 is 0 Å². The van der Waals surface area contributed by atoms with Crippen molar-refractivity contribution < 1.29 is 5.11 Å². The third kappa shape index (κ3) is 6.07. The van der Waals surface area contributed by atoms with Gasteiger partial charge in [0.05, 0.1) is 6.61 Å². The number of thioether (sulfide) groups is 1. The van der Waals surface area contributed by atoms with Gasteiger partial charge in [-0.05, 0) is 36.4 Å². The molecule has 0 spiro atoms. The Morgan fingerprint density at radius 1 is 1.35 bits per heavy atom. The minimum absolute atomic E-state index is 0.0376. The molecular formula is C13H22N2OS. The third-order valence-corrected chi connectivity index (χ3v) is 3.36. The van der Waals surface area contributed by atoms with E-state index >= 15 is 0 Å². The quantitative estimate of drug-likeness (QED) is 0.483. The zero-order chi connectivity index (χ0) is 12.5. The lowest BCUT2D eigenvalue weighted by Gasteiger charge is -2.09. The number of rotatable bonds is 8. The van der Waals surface area contributed by atoms with Crippen LogP contribution in [0.4, 0.5) is 0 Å². The lowest BCUT2D eigenvalue weighted by molar-refractivity contribution is 0.262. The van der Waals surface area contributed by atoms with Gasteiger partial charge in [0.25, 0.3) is 0 Å². The van der Waals surface area contributed by atoms with Crippen LogP contribution in [0.3, 0.4) is 0 Å². The molecule has 0 aliphatic carbocycles. The fourth-order valence-electron chi connectivity index (χ4n) is 1.50. The molecule has 0 radical (unpaired) electrons. The van der Waals surface area contributed by atoms with Crippen LogP contribution in [0, 0.1) is 0 Å². The highest BCUT2D eigenvalue weighted by molar-refractivity contribution is 7.99. The summed E-state index contributed by atoms with van der Waals surface area (Å²) in [5.74, 6) is 1.11. The summed E-state index contributed by atoms with van der Waals surface area (Å²) in [5.41, 5.74) is 6.92. The van der Waals surface area contributed by atoms with Crippen LogP contribution in [0.2, 0.25) is 0 Å². The molecule has 1 unspecified atom stereocenters. The van der Waals surface area contributed by atoms with Crippen molar-refractivity contribution >= 4 is 11.8 Å². The minimum atomic E-state index is -0.154. The number of hydrogen-bond donors (Lipinski definition) is 3. The summed E-state index contributed by atoms with van der Waals surface area (Å²) in [6.07, 6.45) is 0.995. The number of aliphatic hydroxyl groups is 1. The van der Waals surface area contributed by atoms with Gasteiger partial charge in [-0.1, -0.05) is 19.1 Å². The van der Waals surface area contributed by atoms with Gasteiger partial charge in [-0.2, -0.15) is 0 Å². The zero-order valence-corrected chi connectivity index (χ0v) is 11.2. The third-order valence-electron chi connectivity index (χ3n) is 2.47. The SMILES string of the molecule is CCSc1ccc(CCNCC(N)CO)cc1. The summed E-state index contributed by atoms with van der Waals surface area (Å²) in [5, 5.41) is 12.0. The Morgan fingerprint density at radius 3 is 2.65 bits per heavy atom. The molecule has 0 aromatic heterocycles. The number of hydrogen-bond acceptors (Lipinski definition) is 4.